The first kappa shape index (κ1) is 17.9. The number of amides is 1. The summed E-state index contributed by atoms with van der Waals surface area (Å²) in [4.78, 5) is 28.9. The van der Waals surface area contributed by atoms with Crippen molar-refractivity contribution in [3.63, 3.8) is 0 Å². The molecule has 0 radical (unpaired) electrons. The van der Waals surface area contributed by atoms with Gasteiger partial charge in [0.25, 0.3) is 5.91 Å². The molecule has 27 heavy (non-hydrogen) atoms. The Morgan fingerprint density at radius 1 is 1.30 bits per heavy atom. The van der Waals surface area contributed by atoms with Gasteiger partial charge in [0.1, 0.15) is 12.0 Å². The van der Waals surface area contributed by atoms with E-state index in [1.54, 1.807) is 37.4 Å². The predicted molar refractivity (Wildman–Crippen MR) is 99.4 cm³/mol. The molecular weight excluding hydrogens is 346 g/mol. The first-order chi connectivity index (χ1) is 12.9. The molecule has 2 heterocycles. The molecule has 7 nitrogen and oxygen atoms in total. The van der Waals surface area contributed by atoms with Crippen molar-refractivity contribution in [2.75, 3.05) is 5.32 Å². The standard InChI is InChI=1S/C20H23N3O4/c1-11-8-15(24)14-9-16(27-17(11)14)23-10-12(2)18(22-20(23)26)21-19(25)13-6-4-3-5-7-13/h3-7,10-11,14-17,24H,8-9H2,1-2H3,(H,21,22,25,26)/t11-,14+,15-,16-,17-/m1/s1. The number of carbonyl (C=O) groups excluding carboxylic acids is 1. The molecule has 1 amide bonds. The number of benzene rings is 1. The molecule has 0 spiro atoms. The summed E-state index contributed by atoms with van der Waals surface area (Å²) in [5.41, 5.74) is 0.696. The summed E-state index contributed by atoms with van der Waals surface area (Å²) in [7, 11) is 0. The summed E-state index contributed by atoms with van der Waals surface area (Å²) in [5, 5.41) is 12.9. The van der Waals surface area contributed by atoms with Crippen molar-refractivity contribution >= 4 is 11.7 Å². The number of aliphatic hydroxyl groups is 1. The SMILES string of the molecule is Cc1cn([C@H]2C[C@@H]3[C@H](O2)[C@H](C)C[C@H]3O)c(=O)nc1NC(=O)c1ccccc1. The van der Waals surface area contributed by atoms with E-state index < -0.39 is 11.9 Å². The minimum absolute atomic E-state index is 0.0327. The Bertz CT molecular complexity index is 895. The fourth-order valence-electron chi connectivity index (χ4n) is 4.17. The van der Waals surface area contributed by atoms with Gasteiger partial charge in [0.2, 0.25) is 0 Å². The van der Waals surface area contributed by atoms with Gasteiger partial charge in [-0.1, -0.05) is 25.1 Å². The van der Waals surface area contributed by atoms with Crippen LogP contribution in [0.25, 0.3) is 0 Å². The molecule has 2 fully saturated rings. The Morgan fingerprint density at radius 2 is 2.04 bits per heavy atom. The number of anilines is 1. The first-order valence-electron chi connectivity index (χ1n) is 9.23. The number of aryl methyl sites for hydroxylation is 1. The van der Waals surface area contributed by atoms with Crippen LogP contribution in [-0.2, 0) is 4.74 Å². The number of rotatable bonds is 3. The quantitative estimate of drug-likeness (QED) is 0.864. The topological polar surface area (TPSA) is 93.4 Å². The molecular formula is C20H23N3O4. The Labute approximate surface area is 157 Å². The maximum atomic E-state index is 12.5. The average molecular weight is 369 g/mol. The van der Waals surface area contributed by atoms with Gasteiger partial charge in [-0.3, -0.25) is 9.36 Å². The molecule has 1 aliphatic carbocycles. The normalized spacial score (nSPS) is 29.5. The summed E-state index contributed by atoms with van der Waals surface area (Å²) in [6.07, 6.45) is 2.14. The van der Waals surface area contributed by atoms with Crippen molar-refractivity contribution in [2.45, 2.75) is 45.1 Å². The molecule has 2 aliphatic rings. The van der Waals surface area contributed by atoms with Crippen LogP contribution >= 0.6 is 0 Å². The maximum Gasteiger partial charge on any atom is 0.351 e. The molecule has 7 heteroatoms. The minimum Gasteiger partial charge on any atom is -0.393 e. The monoisotopic (exact) mass is 369 g/mol. The van der Waals surface area contributed by atoms with E-state index in [4.69, 9.17) is 4.74 Å². The first-order valence-corrected chi connectivity index (χ1v) is 9.23. The molecule has 1 aromatic carbocycles. The molecule has 0 bridgehead atoms. The number of fused-ring (bicyclic) bond motifs is 1. The van der Waals surface area contributed by atoms with Gasteiger partial charge in [-0.25, -0.2) is 4.79 Å². The van der Waals surface area contributed by atoms with Gasteiger partial charge in [0, 0.05) is 29.7 Å². The Kier molecular flexibility index (Phi) is 4.57. The maximum absolute atomic E-state index is 12.5. The second kappa shape index (κ2) is 6.90. The predicted octanol–water partition coefficient (Wildman–Crippen LogP) is 2.11. The van der Waals surface area contributed by atoms with Crippen LogP contribution in [-0.4, -0.2) is 32.8 Å². The van der Waals surface area contributed by atoms with Crippen LogP contribution in [0.3, 0.4) is 0 Å². The van der Waals surface area contributed by atoms with Crippen LogP contribution in [0.4, 0.5) is 5.82 Å². The summed E-state index contributed by atoms with van der Waals surface area (Å²) in [5.74, 6) is 0.252. The van der Waals surface area contributed by atoms with Crippen LogP contribution in [0.2, 0.25) is 0 Å². The van der Waals surface area contributed by atoms with E-state index in [0.717, 1.165) is 6.42 Å². The largest absolute Gasteiger partial charge is 0.393 e. The van der Waals surface area contributed by atoms with Gasteiger partial charge in [-0.2, -0.15) is 4.98 Å². The number of nitrogens with zero attached hydrogens (tertiary/aromatic N) is 2. The fourth-order valence-corrected chi connectivity index (χ4v) is 4.17. The van der Waals surface area contributed by atoms with Gasteiger partial charge >= 0.3 is 5.69 Å². The number of ether oxygens (including phenoxy) is 1. The Morgan fingerprint density at radius 3 is 2.74 bits per heavy atom. The van der Waals surface area contributed by atoms with E-state index in [-0.39, 0.29) is 35.8 Å². The number of carbonyl (C=O) groups is 1. The lowest BCUT2D eigenvalue weighted by Gasteiger charge is -2.19. The highest BCUT2D eigenvalue weighted by atomic mass is 16.5. The highest BCUT2D eigenvalue weighted by Crippen LogP contribution is 2.45. The van der Waals surface area contributed by atoms with Crippen LogP contribution in [0, 0.1) is 18.8 Å². The highest BCUT2D eigenvalue weighted by molar-refractivity contribution is 6.03. The molecule has 1 saturated heterocycles. The molecule has 2 N–H and O–H groups in total. The molecule has 2 aromatic rings. The lowest BCUT2D eigenvalue weighted by Crippen LogP contribution is -2.30. The number of nitrogens with one attached hydrogen (secondary N) is 1. The zero-order chi connectivity index (χ0) is 19.1. The molecule has 4 rings (SSSR count). The zero-order valence-electron chi connectivity index (χ0n) is 15.3. The van der Waals surface area contributed by atoms with Crippen molar-refractivity contribution in [1.82, 2.24) is 9.55 Å². The lowest BCUT2D eigenvalue weighted by atomic mass is 10.0. The Hall–Kier alpha value is -2.51. The van der Waals surface area contributed by atoms with E-state index in [2.05, 4.69) is 17.2 Å². The second-order valence-electron chi connectivity index (χ2n) is 7.52. The van der Waals surface area contributed by atoms with E-state index in [9.17, 15) is 14.7 Å². The van der Waals surface area contributed by atoms with Crippen molar-refractivity contribution < 1.29 is 14.6 Å². The molecule has 5 atom stereocenters. The summed E-state index contributed by atoms with van der Waals surface area (Å²) >= 11 is 0. The van der Waals surface area contributed by atoms with Crippen LogP contribution in [0.5, 0.6) is 0 Å². The smallest absolute Gasteiger partial charge is 0.351 e. The van der Waals surface area contributed by atoms with Crippen molar-refractivity contribution in [3.05, 3.63) is 58.1 Å². The summed E-state index contributed by atoms with van der Waals surface area (Å²) < 4.78 is 7.52. The third-order valence-electron chi connectivity index (χ3n) is 5.59. The van der Waals surface area contributed by atoms with E-state index in [1.165, 1.54) is 4.57 Å². The third-order valence-corrected chi connectivity index (χ3v) is 5.59. The Balaban J connectivity index is 1.55. The lowest BCUT2D eigenvalue weighted by molar-refractivity contribution is -0.0220. The van der Waals surface area contributed by atoms with Crippen LogP contribution in [0.15, 0.2) is 41.3 Å². The zero-order valence-corrected chi connectivity index (χ0v) is 15.3. The van der Waals surface area contributed by atoms with E-state index >= 15 is 0 Å². The number of aromatic nitrogens is 2. The van der Waals surface area contributed by atoms with Crippen molar-refractivity contribution in [3.8, 4) is 0 Å². The molecule has 142 valence electrons. The van der Waals surface area contributed by atoms with Crippen molar-refractivity contribution in [1.29, 1.82) is 0 Å². The fraction of sp³-hybridized carbons (Fsp3) is 0.450. The molecule has 0 unspecified atom stereocenters. The molecule has 1 aromatic heterocycles. The second-order valence-corrected chi connectivity index (χ2v) is 7.52. The average Bonchev–Trinajstić information content (AvgIpc) is 3.20. The van der Waals surface area contributed by atoms with Crippen LogP contribution in [0.1, 0.15) is 41.9 Å². The molecule has 1 saturated carbocycles. The number of aliphatic hydroxyl groups excluding tert-OH is 1. The van der Waals surface area contributed by atoms with Crippen LogP contribution < -0.4 is 11.0 Å². The van der Waals surface area contributed by atoms with Gasteiger partial charge < -0.3 is 15.2 Å². The third kappa shape index (κ3) is 3.28. The number of hydrogen-bond donors (Lipinski definition) is 2. The number of hydrogen-bond acceptors (Lipinski definition) is 5. The van der Waals surface area contributed by atoms with Gasteiger partial charge in [-0.15, -0.1) is 0 Å². The van der Waals surface area contributed by atoms with Gasteiger partial charge in [0.15, 0.2) is 0 Å². The van der Waals surface area contributed by atoms with Gasteiger partial charge in [0.05, 0.1) is 12.2 Å². The highest BCUT2D eigenvalue weighted by Gasteiger charge is 2.48. The van der Waals surface area contributed by atoms with E-state index in [1.807, 2.05) is 6.07 Å². The molecule has 1 aliphatic heterocycles. The van der Waals surface area contributed by atoms with Crippen molar-refractivity contribution in [2.24, 2.45) is 11.8 Å². The van der Waals surface area contributed by atoms with E-state index in [0.29, 0.717) is 17.5 Å². The van der Waals surface area contributed by atoms with Gasteiger partial charge in [-0.05, 0) is 31.4 Å². The summed E-state index contributed by atoms with van der Waals surface area (Å²) in [6.45, 7) is 3.85. The summed E-state index contributed by atoms with van der Waals surface area (Å²) in [6, 6.07) is 8.77. The minimum atomic E-state index is -0.476.